The van der Waals surface area contributed by atoms with E-state index in [1.54, 1.807) is 4.90 Å². The zero-order valence-corrected chi connectivity index (χ0v) is 15.5. The van der Waals surface area contributed by atoms with Gasteiger partial charge in [-0.1, -0.05) is 26.0 Å². The highest BCUT2D eigenvalue weighted by atomic mass is 16.2. The first-order valence-electron chi connectivity index (χ1n) is 8.59. The summed E-state index contributed by atoms with van der Waals surface area (Å²) in [5.74, 6) is 0.0359. The summed E-state index contributed by atoms with van der Waals surface area (Å²) in [6.07, 6.45) is 0. The van der Waals surface area contributed by atoms with Crippen LogP contribution in [0.25, 0.3) is 0 Å². The summed E-state index contributed by atoms with van der Waals surface area (Å²) in [5.41, 5.74) is 4.93. The molecule has 1 aliphatic heterocycles. The summed E-state index contributed by atoms with van der Waals surface area (Å²) < 4.78 is 0. The first kappa shape index (κ1) is 18.9. The van der Waals surface area contributed by atoms with Gasteiger partial charge < -0.3 is 15.5 Å². The first-order chi connectivity index (χ1) is 11.8. The highest BCUT2D eigenvalue weighted by Crippen LogP contribution is 2.19. The van der Waals surface area contributed by atoms with Crippen LogP contribution in [0, 0.1) is 0 Å². The minimum Gasteiger partial charge on any atom is -0.328 e. The summed E-state index contributed by atoms with van der Waals surface area (Å²) in [7, 11) is 0. The van der Waals surface area contributed by atoms with Crippen LogP contribution in [0.2, 0.25) is 0 Å². The first-order valence-corrected chi connectivity index (χ1v) is 8.59. The molecule has 136 valence electrons. The molecule has 0 bridgehead atoms. The zero-order valence-electron chi connectivity index (χ0n) is 15.5. The molecule has 1 aromatic carbocycles. The molecule has 0 saturated carbocycles. The number of carbonyl (C=O) groups is 2. The van der Waals surface area contributed by atoms with Crippen LogP contribution in [0.15, 0.2) is 29.4 Å². The van der Waals surface area contributed by atoms with E-state index < -0.39 is 0 Å². The molecule has 0 saturated heterocycles. The number of rotatable bonds is 6. The molecule has 1 atom stereocenters. The van der Waals surface area contributed by atoms with Crippen LogP contribution in [0.4, 0.5) is 10.5 Å². The molecule has 3 N–H and O–H groups in total. The quantitative estimate of drug-likeness (QED) is 0.735. The molecule has 0 aromatic heterocycles. The van der Waals surface area contributed by atoms with E-state index in [1.807, 2.05) is 58.9 Å². The number of anilines is 1. The van der Waals surface area contributed by atoms with Gasteiger partial charge >= 0.3 is 6.03 Å². The highest BCUT2D eigenvalue weighted by molar-refractivity contribution is 6.07. The van der Waals surface area contributed by atoms with Gasteiger partial charge in [-0.15, -0.1) is 0 Å². The van der Waals surface area contributed by atoms with Gasteiger partial charge in [-0.05, 0) is 32.9 Å². The third-order valence-electron chi connectivity index (χ3n) is 3.92. The van der Waals surface area contributed by atoms with Gasteiger partial charge in [0.05, 0.1) is 18.3 Å². The summed E-state index contributed by atoms with van der Waals surface area (Å²) >= 11 is 0. The van der Waals surface area contributed by atoms with E-state index in [0.717, 1.165) is 17.0 Å². The fourth-order valence-electron chi connectivity index (χ4n) is 2.72. The minimum absolute atomic E-state index is 0.0359. The standard InChI is InChI=1S/C18H27N5O2/c1-11(2)19-10-16(24)23(12(3)4)15-8-6-14(7-9-15)17-13(5)20-18(25)22-21-17/h6-9,11-13,19H,10H2,1-5H3,(H2,20,22,25). The highest BCUT2D eigenvalue weighted by Gasteiger charge is 2.22. The van der Waals surface area contributed by atoms with Gasteiger partial charge in [-0.25, -0.2) is 10.2 Å². The molecule has 1 aromatic rings. The van der Waals surface area contributed by atoms with Crippen LogP contribution in [-0.4, -0.2) is 42.3 Å². The van der Waals surface area contributed by atoms with E-state index in [2.05, 4.69) is 21.2 Å². The Balaban J connectivity index is 2.18. The Labute approximate surface area is 148 Å². The molecule has 25 heavy (non-hydrogen) atoms. The van der Waals surface area contributed by atoms with E-state index in [0.29, 0.717) is 6.54 Å². The van der Waals surface area contributed by atoms with Crippen molar-refractivity contribution in [2.45, 2.75) is 52.7 Å². The summed E-state index contributed by atoms with van der Waals surface area (Å²) in [4.78, 5) is 25.6. The number of urea groups is 1. The van der Waals surface area contributed by atoms with Crippen molar-refractivity contribution in [3.05, 3.63) is 29.8 Å². The van der Waals surface area contributed by atoms with E-state index in [9.17, 15) is 9.59 Å². The van der Waals surface area contributed by atoms with Crippen LogP contribution in [0.5, 0.6) is 0 Å². The second-order valence-electron chi connectivity index (χ2n) is 6.74. The third kappa shape index (κ3) is 4.79. The zero-order chi connectivity index (χ0) is 18.6. The van der Waals surface area contributed by atoms with Gasteiger partial charge in [0.1, 0.15) is 0 Å². The normalized spacial score (nSPS) is 17.2. The second kappa shape index (κ2) is 8.11. The van der Waals surface area contributed by atoms with E-state index in [4.69, 9.17) is 0 Å². The van der Waals surface area contributed by atoms with Crippen molar-refractivity contribution in [3.63, 3.8) is 0 Å². The topological polar surface area (TPSA) is 85.8 Å². The number of benzene rings is 1. The molecule has 0 spiro atoms. The van der Waals surface area contributed by atoms with Crippen LogP contribution >= 0.6 is 0 Å². The molecule has 0 aliphatic carbocycles. The number of hydrogen-bond donors (Lipinski definition) is 3. The van der Waals surface area contributed by atoms with Gasteiger partial charge in [0.15, 0.2) is 0 Å². The number of nitrogens with one attached hydrogen (secondary N) is 3. The SMILES string of the molecule is CC(C)NCC(=O)N(c1ccc(C2=NNC(=O)NC2C)cc1)C(C)C. The Morgan fingerprint density at radius 3 is 2.40 bits per heavy atom. The lowest BCUT2D eigenvalue weighted by molar-refractivity contribution is -0.118. The third-order valence-corrected chi connectivity index (χ3v) is 3.92. The van der Waals surface area contributed by atoms with Gasteiger partial charge in [-0.3, -0.25) is 4.79 Å². The maximum atomic E-state index is 12.5. The Bertz CT molecular complexity index is 652. The lowest BCUT2D eigenvalue weighted by atomic mass is 10.0. The molecule has 1 aliphatic rings. The molecule has 0 fully saturated rings. The lowest BCUT2D eigenvalue weighted by Crippen LogP contribution is -2.48. The molecule has 2 rings (SSSR count). The smallest absolute Gasteiger partial charge is 0.328 e. The molecule has 7 heteroatoms. The van der Waals surface area contributed by atoms with E-state index in [1.165, 1.54) is 0 Å². The van der Waals surface area contributed by atoms with Crippen LogP contribution in [-0.2, 0) is 4.79 Å². The van der Waals surface area contributed by atoms with Crippen LogP contribution < -0.4 is 21.0 Å². The fourth-order valence-corrected chi connectivity index (χ4v) is 2.72. The maximum Gasteiger partial charge on any atom is 0.335 e. The molecule has 7 nitrogen and oxygen atoms in total. The Hall–Kier alpha value is -2.41. The summed E-state index contributed by atoms with van der Waals surface area (Å²) in [6.45, 7) is 10.2. The van der Waals surface area contributed by atoms with E-state index in [-0.39, 0.29) is 30.1 Å². The predicted molar refractivity (Wildman–Crippen MR) is 99.9 cm³/mol. The number of hydrogen-bond acceptors (Lipinski definition) is 4. The monoisotopic (exact) mass is 345 g/mol. The average Bonchev–Trinajstić information content (AvgIpc) is 2.54. The van der Waals surface area contributed by atoms with Crippen molar-refractivity contribution in [3.8, 4) is 0 Å². The van der Waals surface area contributed by atoms with Gasteiger partial charge in [0, 0.05) is 23.3 Å². The number of nitrogens with zero attached hydrogens (tertiary/aromatic N) is 2. The van der Waals surface area contributed by atoms with Gasteiger partial charge in [0.2, 0.25) is 5.91 Å². The van der Waals surface area contributed by atoms with Gasteiger partial charge in [0.25, 0.3) is 0 Å². The summed E-state index contributed by atoms with van der Waals surface area (Å²) in [5, 5.41) is 10.1. The fraction of sp³-hybridized carbons (Fsp3) is 0.500. The molecule has 1 unspecified atom stereocenters. The second-order valence-corrected chi connectivity index (χ2v) is 6.74. The molecule has 3 amide bonds. The van der Waals surface area contributed by atoms with Gasteiger partial charge in [-0.2, -0.15) is 5.10 Å². The number of carbonyl (C=O) groups excluding carboxylic acids is 2. The van der Waals surface area contributed by atoms with Crippen molar-refractivity contribution in [2.24, 2.45) is 5.10 Å². The van der Waals surface area contributed by atoms with Crippen molar-refractivity contribution < 1.29 is 9.59 Å². The van der Waals surface area contributed by atoms with Crippen molar-refractivity contribution in [1.29, 1.82) is 0 Å². The van der Waals surface area contributed by atoms with E-state index >= 15 is 0 Å². The Kier molecular flexibility index (Phi) is 6.14. The van der Waals surface area contributed by atoms with Crippen molar-refractivity contribution >= 4 is 23.3 Å². The predicted octanol–water partition coefficient (Wildman–Crippen LogP) is 1.83. The Morgan fingerprint density at radius 1 is 1.24 bits per heavy atom. The minimum atomic E-state index is -0.304. The molecular formula is C18H27N5O2. The Morgan fingerprint density at radius 2 is 1.88 bits per heavy atom. The van der Waals surface area contributed by atoms with Crippen molar-refractivity contribution in [2.75, 3.05) is 11.4 Å². The largest absolute Gasteiger partial charge is 0.335 e. The van der Waals surface area contributed by atoms with Crippen LogP contribution in [0.1, 0.15) is 40.2 Å². The van der Waals surface area contributed by atoms with Crippen molar-refractivity contribution in [1.82, 2.24) is 16.1 Å². The average molecular weight is 345 g/mol. The lowest BCUT2D eigenvalue weighted by Gasteiger charge is -2.28. The molecule has 1 heterocycles. The van der Waals surface area contributed by atoms with Crippen LogP contribution in [0.3, 0.4) is 0 Å². The number of amides is 3. The maximum absolute atomic E-state index is 12.5. The number of hydrazone groups is 1. The molecular weight excluding hydrogens is 318 g/mol. The molecule has 0 radical (unpaired) electrons. The summed E-state index contributed by atoms with van der Waals surface area (Å²) in [6, 6.07) is 7.50.